The first-order valence-electron chi connectivity index (χ1n) is 7.32. The monoisotopic (exact) mass is 312 g/mol. The van der Waals surface area contributed by atoms with Gasteiger partial charge in [-0.25, -0.2) is 13.6 Å². The smallest absolute Gasteiger partial charge is 0.238 e. The molecule has 1 aromatic rings. The molecule has 0 unspecified atom stereocenters. The molecule has 0 radical (unpaired) electrons. The topological polar surface area (TPSA) is 89.3 Å². The van der Waals surface area contributed by atoms with Gasteiger partial charge in [0.05, 0.1) is 4.90 Å². The number of nitrogens with one attached hydrogen (secondary N) is 1. The minimum Gasteiger partial charge on any atom is -0.352 e. The lowest BCUT2D eigenvalue weighted by Crippen LogP contribution is -2.22. The van der Waals surface area contributed by atoms with Gasteiger partial charge in [-0.2, -0.15) is 0 Å². The maximum atomic E-state index is 11.6. The summed E-state index contributed by atoms with van der Waals surface area (Å²) in [6, 6.07) is 6.20. The minimum absolute atomic E-state index is 0.0296. The zero-order valence-electron chi connectivity index (χ0n) is 12.5. The van der Waals surface area contributed by atoms with Crippen LogP contribution >= 0.6 is 0 Å². The van der Waals surface area contributed by atoms with Crippen molar-refractivity contribution in [2.75, 3.05) is 0 Å². The average molecular weight is 312 g/mol. The van der Waals surface area contributed by atoms with Crippen molar-refractivity contribution in [3.05, 3.63) is 29.8 Å². The Labute approximate surface area is 127 Å². The van der Waals surface area contributed by atoms with Crippen LogP contribution < -0.4 is 10.5 Å². The first-order chi connectivity index (χ1) is 9.93. The van der Waals surface area contributed by atoms with Crippen molar-refractivity contribution < 1.29 is 13.2 Å². The molecule has 0 atom stereocenters. The van der Waals surface area contributed by atoms with E-state index in [1.165, 1.54) is 31.4 Å². The molecule has 21 heavy (non-hydrogen) atoms. The van der Waals surface area contributed by atoms with Gasteiger partial charge in [0.25, 0.3) is 0 Å². The van der Waals surface area contributed by atoms with E-state index in [0.29, 0.717) is 13.0 Å². The predicted octanol–water partition coefficient (Wildman–Crippen LogP) is 2.31. The molecular formula is C15H24N2O3S. The lowest BCUT2D eigenvalue weighted by Gasteiger charge is -2.06. The summed E-state index contributed by atoms with van der Waals surface area (Å²) < 4.78 is 22.2. The van der Waals surface area contributed by atoms with Gasteiger partial charge in [-0.15, -0.1) is 0 Å². The van der Waals surface area contributed by atoms with E-state index in [-0.39, 0.29) is 10.8 Å². The second-order valence-corrected chi connectivity index (χ2v) is 6.69. The zero-order valence-corrected chi connectivity index (χ0v) is 13.3. The van der Waals surface area contributed by atoms with Crippen molar-refractivity contribution in [2.24, 2.45) is 5.14 Å². The lowest BCUT2D eigenvalue weighted by atomic mass is 10.1. The number of hydrogen-bond acceptors (Lipinski definition) is 3. The van der Waals surface area contributed by atoms with E-state index in [2.05, 4.69) is 12.2 Å². The molecule has 0 aromatic heterocycles. The number of benzene rings is 1. The number of carbonyl (C=O) groups is 1. The predicted molar refractivity (Wildman–Crippen MR) is 83.0 cm³/mol. The van der Waals surface area contributed by atoms with Gasteiger partial charge in [-0.1, -0.05) is 44.7 Å². The number of hydrogen-bond donors (Lipinski definition) is 2. The SMILES string of the molecule is CCCCCCCC(=O)NCc1ccc(S(N)(=O)=O)cc1. The van der Waals surface area contributed by atoms with E-state index in [1.54, 1.807) is 12.1 Å². The number of carbonyl (C=O) groups excluding carboxylic acids is 1. The Morgan fingerprint density at radius 3 is 2.29 bits per heavy atom. The molecular weight excluding hydrogens is 288 g/mol. The van der Waals surface area contributed by atoms with E-state index in [4.69, 9.17) is 5.14 Å². The third kappa shape index (κ3) is 7.24. The zero-order chi connectivity index (χ0) is 15.7. The van der Waals surface area contributed by atoms with Crippen molar-refractivity contribution >= 4 is 15.9 Å². The normalized spacial score (nSPS) is 11.3. The summed E-state index contributed by atoms with van der Waals surface area (Å²) >= 11 is 0. The van der Waals surface area contributed by atoms with Crippen LogP contribution in [-0.4, -0.2) is 14.3 Å². The maximum Gasteiger partial charge on any atom is 0.238 e. The summed E-state index contributed by atoms with van der Waals surface area (Å²) in [4.78, 5) is 11.7. The third-order valence-electron chi connectivity index (χ3n) is 3.25. The van der Waals surface area contributed by atoms with E-state index >= 15 is 0 Å². The van der Waals surface area contributed by atoms with E-state index in [9.17, 15) is 13.2 Å². The highest BCUT2D eigenvalue weighted by Crippen LogP contribution is 2.09. The number of rotatable bonds is 9. The molecule has 1 amide bonds. The molecule has 0 bridgehead atoms. The fraction of sp³-hybridized carbons (Fsp3) is 0.533. The first kappa shape index (κ1) is 17.7. The van der Waals surface area contributed by atoms with Gasteiger partial charge in [0.1, 0.15) is 0 Å². The Kier molecular flexibility index (Phi) is 7.39. The van der Waals surface area contributed by atoms with Crippen molar-refractivity contribution in [2.45, 2.75) is 56.9 Å². The molecule has 118 valence electrons. The highest BCUT2D eigenvalue weighted by atomic mass is 32.2. The van der Waals surface area contributed by atoms with Gasteiger partial charge in [0.15, 0.2) is 0 Å². The van der Waals surface area contributed by atoms with Crippen LogP contribution in [0.25, 0.3) is 0 Å². The fourth-order valence-electron chi connectivity index (χ4n) is 1.98. The number of nitrogens with two attached hydrogens (primary N) is 1. The number of amides is 1. The lowest BCUT2D eigenvalue weighted by molar-refractivity contribution is -0.121. The van der Waals surface area contributed by atoms with Gasteiger partial charge in [-0.05, 0) is 24.1 Å². The van der Waals surface area contributed by atoms with Crippen molar-refractivity contribution in [1.82, 2.24) is 5.32 Å². The second-order valence-electron chi connectivity index (χ2n) is 5.13. The third-order valence-corrected chi connectivity index (χ3v) is 4.18. The molecule has 0 spiro atoms. The van der Waals surface area contributed by atoms with Crippen molar-refractivity contribution in [3.63, 3.8) is 0 Å². The molecule has 0 heterocycles. The van der Waals surface area contributed by atoms with Crippen LogP contribution in [0.2, 0.25) is 0 Å². The van der Waals surface area contributed by atoms with Gasteiger partial charge >= 0.3 is 0 Å². The van der Waals surface area contributed by atoms with Crippen LogP contribution in [-0.2, 0) is 21.4 Å². The molecule has 0 saturated carbocycles. The Balaban J connectivity index is 2.30. The Morgan fingerprint density at radius 1 is 1.10 bits per heavy atom. The summed E-state index contributed by atoms with van der Waals surface area (Å²) in [7, 11) is -3.66. The second kappa shape index (κ2) is 8.79. The molecule has 5 nitrogen and oxygen atoms in total. The van der Waals surface area contributed by atoms with Crippen LogP contribution in [0.15, 0.2) is 29.2 Å². The summed E-state index contributed by atoms with van der Waals surface area (Å²) in [5.41, 5.74) is 0.849. The van der Waals surface area contributed by atoms with Gasteiger partial charge < -0.3 is 5.32 Å². The van der Waals surface area contributed by atoms with Crippen LogP contribution in [0.4, 0.5) is 0 Å². The molecule has 0 saturated heterocycles. The molecule has 0 aliphatic heterocycles. The summed E-state index contributed by atoms with van der Waals surface area (Å²) in [6.45, 7) is 2.56. The molecule has 1 rings (SSSR count). The van der Waals surface area contributed by atoms with E-state index in [1.807, 2.05) is 0 Å². The standard InChI is InChI=1S/C15H24N2O3S/c1-2-3-4-5-6-7-15(18)17-12-13-8-10-14(11-9-13)21(16,19)20/h8-11H,2-7,12H2,1H3,(H,17,18)(H2,16,19,20). The summed E-state index contributed by atoms with van der Waals surface area (Å²) in [5.74, 6) is 0.0296. The summed E-state index contributed by atoms with van der Waals surface area (Å²) in [6.07, 6.45) is 6.14. The number of unbranched alkanes of at least 4 members (excludes halogenated alkanes) is 4. The fourth-order valence-corrected chi connectivity index (χ4v) is 2.49. The first-order valence-corrected chi connectivity index (χ1v) is 8.86. The van der Waals surface area contributed by atoms with E-state index < -0.39 is 10.0 Å². The number of sulfonamides is 1. The van der Waals surface area contributed by atoms with Crippen LogP contribution in [0.5, 0.6) is 0 Å². The van der Waals surface area contributed by atoms with Crippen molar-refractivity contribution in [3.8, 4) is 0 Å². The quantitative estimate of drug-likeness (QED) is 0.686. The Bertz CT molecular complexity index is 539. The Hall–Kier alpha value is -1.40. The van der Waals surface area contributed by atoms with Crippen LogP contribution in [0.1, 0.15) is 51.0 Å². The largest absolute Gasteiger partial charge is 0.352 e. The minimum atomic E-state index is -3.66. The molecule has 6 heteroatoms. The molecule has 0 aliphatic rings. The molecule has 0 fully saturated rings. The van der Waals surface area contributed by atoms with Crippen LogP contribution in [0.3, 0.4) is 0 Å². The van der Waals surface area contributed by atoms with Gasteiger partial charge in [0, 0.05) is 13.0 Å². The van der Waals surface area contributed by atoms with Crippen LogP contribution in [0, 0.1) is 0 Å². The highest BCUT2D eigenvalue weighted by Gasteiger charge is 2.07. The Morgan fingerprint density at radius 2 is 1.71 bits per heavy atom. The number of primary sulfonamides is 1. The maximum absolute atomic E-state index is 11.6. The van der Waals surface area contributed by atoms with Gasteiger partial charge in [0.2, 0.25) is 15.9 Å². The molecule has 3 N–H and O–H groups in total. The van der Waals surface area contributed by atoms with E-state index in [0.717, 1.165) is 18.4 Å². The van der Waals surface area contributed by atoms with Gasteiger partial charge in [-0.3, -0.25) is 4.79 Å². The molecule has 0 aliphatic carbocycles. The molecule has 1 aromatic carbocycles. The average Bonchev–Trinajstić information content (AvgIpc) is 2.44. The van der Waals surface area contributed by atoms with Crippen molar-refractivity contribution in [1.29, 1.82) is 0 Å². The summed E-state index contributed by atoms with van der Waals surface area (Å²) in [5, 5.41) is 7.85. The highest BCUT2D eigenvalue weighted by molar-refractivity contribution is 7.89.